The summed E-state index contributed by atoms with van der Waals surface area (Å²) in [6.07, 6.45) is 7.69. The molecule has 4 heteroatoms. The largest absolute Gasteiger partial charge is 0.466 e. The predicted octanol–water partition coefficient (Wildman–Crippen LogP) is 2.77. The number of allylic oxidation sites excluding steroid dienone is 2. The normalized spacial score (nSPS) is 27.1. The van der Waals surface area contributed by atoms with Crippen LogP contribution in [0.1, 0.15) is 32.6 Å². The van der Waals surface area contributed by atoms with Gasteiger partial charge in [0.2, 0.25) is 0 Å². The highest BCUT2D eigenvalue weighted by Gasteiger charge is 2.28. The van der Waals surface area contributed by atoms with Crippen molar-refractivity contribution in [3.63, 3.8) is 0 Å². The molecule has 1 aliphatic carbocycles. The molecular formula is C12H17NO2S. The highest BCUT2D eigenvalue weighted by atomic mass is 32.1. The van der Waals surface area contributed by atoms with Crippen LogP contribution in [0.2, 0.25) is 0 Å². The summed E-state index contributed by atoms with van der Waals surface area (Å²) in [7, 11) is 0. The highest BCUT2D eigenvalue weighted by molar-refractivity contribution is 7.78. The molecule has 2 atom stereocenters. The fourth-order valence-electron chi connectivity index (χ4n) is 1.92. The fourth-order valence-corrected chi connectivity index (χ4v) is 2.05. The summed E-state index contributed by atoms with van der Waals surface area (Å²) in [5.74, 6) is -0.322. The number of carbonyl (C=O) groups excluding carboxylic acids is 1. The molecule has 0 unspecified atom stereocenters. The average Bonchev–Trinajstić information content (AvgIpc) is 2.22. The molecule has 0 N–H and O–H groups in total. The van der Waals surface area contributed by atoms with E-state index in [0.29, 0.717) is 6.61 Å². The van der Waals surface area contributed by atoms with E-state index in [9.17, 15) is 4.79 Å². The third kappa shape index (κ3) is 3.87. The van der Waals surface area contributed by atoms with Gasteiger partial charge in [0.25, 0.3) is 0 Å². The Hall–Kier alpha value is -0.990. The first kappa shape index (κ1) is 13.1. The van der Waals surface area contributed by atoms with Gasteiger partial charge in [0.1, 0.15) is 0 Å². The molecule has 0 saturated heterocycles. The molecule has 1 rings (SSSR count). The third-order valence-corrected chi connectivity index (χ3v) is 2.82. The Kier molecular flexibility index (Phi) is 5.98. The lowest BCUT2D eigenvalue weighted by Gasteiger charge is -2.22. The number of thiocarbonyl (C=S) groups is 1. The van der Waals surface area contributed by atoms with Crippen molar-refractivity contribution in [1.82, 2.24) is 0 Å². The van der Waals surface area contributed by atoms with Crippen LogP contribution >= 0.6 is 12.2 Å². The standard InChI is InChI=1S/C12H17NO2S/c1-2-15-12(14)10-7-5-3-4-6-8-11(10)13-9-16/h3-4,10-11H,2,5-8H2,1H3/b4-3-/t10-,11+/m0/s1. The van der Waals surface area contributed by atoms with E-state index in [1.807, 2.05) is 6.92 Å². The van der Waals surface area contributed by atoms with E-state index in [2.05, 4.69) is 34.5 Å². The van der Waals surface area contributed by atoms with Crippen molar-refractivity contribution in [2.45, 2.75) is 38.6 Å². The molecule has 0 spiro atoms. The average molecular weight is 239 g/mol. The molecule has 3 nitrogen and oxygen atoms in total. The molecule has 0 radical (unpaired) electrons. The Morgan fingerprint density at radius 2 is 2.19 bits per heavy atom. The second-order valence-corrected chi connectivity index (χ2v) is 3.95. The smallest absolute Gasteiger partial charge is 0.311 e. The van der Waals surface area contributed by atoms with E-state index in [0.717, 1.165) is 25.7 Å². The van der Waals surface area contributed by atoms with E-state index >= 15 is 0 Å². The summed E-state index contributed by atoms with van der Waals surface area (Å²) in [5, 5.41) is 2.39. The quantitative estimate of drug-likeness (QED) is 0.329. The summed E-state index contributed by atoms with van der Waals surface area (Å²) < 4.78 is 5.07. The van der Waals surface area contributed by atoms with Crippen LogP contribution in [0.15, 0.2) is 17.1 Å². The van der Waals surface area contributed by atoms with Crippen molar-refractivity contribution in [2.24, 2.45) is 10.9 Å². The number of esters is 1. The van der Waals surface area contributed by atoms with Crippen LogP contribution in [0.3, 0.4) is 0 Å². The van der Waals surface area contributed by atoms with Gasteiger partial charge in [-0.15, -0.1) is 0 Å². The van der Waals surface area contributed by atoms with Crippen molar-refractivity contribution in [3.8, 4) is 0 Å². The maximum absolute atomic E-state index is 11.8. The lowest BCUT2D eigenvalue weighted by molar-refractivity contribution is -0.149. The molecule has 0 heterocycles. The number of carbonyl (C=O) groups is 1. The number of hydrogen-bond acceptors (Lipinski definition) is 4. The molecule has 0 aromatic heterocycles. The Morgan fingerprint density at radius 1 is 1.50 bits per heavy atom. The minimum absolute atomic E-state index is 0.0681. The molecular weight excluding hydrogens is 222 g/mol. The molecule has 88 valence electrons. The van der Waals surface area contributed by atoms with Crippen LogP contribution in [0.4, 0.5) is 0 Å². The summed E-state index contributed by atoms with van der Waals surface area (Å²) in [4.78, 5) is 15.9. The highest BCUT2D eigenvalue weighted by Crippen LogP contribution is 2.23. The van der Waals surface area contributed by atoms with E-state index in [4.69, 9.17) is 4.74 Å². The third-order valence-electron chi connectivity index (χ3n) is 2.71. The van der Waals surface area contributed by atoms with Crippen LogP contribution in [0.25, 0.3) is 0 Å². The summed E-state index contributed by atoms with van der Waals surface area (Å²) >= 11 is 4.63. The van der Waals surface area contributed by atoms with Crippen molar-refractivity contribution < 1.29 is 9.53 Å². The summed E-state index contributed by atoms with van der Waals surface area (Å²) in [5.41, 5.74) is 0. The summed E-state index contributed by atoms with van der Waals surface area (Å²) in [6, 6.07) is -0.0681. The Bertz CT molecular complexity index is 308. The molecule has 0 aliphatic heterocycles. The van der Waals surface area contributed by atoms with Crippen LogP contribution in [-0.2, 0) is 9.53 Å². The van der Waals surface area contributed by atoms with Gasteiger partial charge >= 0.3 is 5.97 Å². The minimum atomic E-state index is -0.166. The molecule has 16 heavy (non-hydrogen) atoms. The van der Waals surface area contributed by atoms with Crippen molar-refractivity contribution >= 4 is 23.3 Å². The number of ether oxygens (including phenoxy) is 1. The van der Waals surface area contributed by atoms with Crippen LogP contribution < -0.4 is 0 Å². The maximum Gasteiger partial charge on any atom is 0.311 e. The van der Waals surface area contributed by atoms with Crippen LogP contribution in [-0.4, -0.2) is 23.8 Å². The number of isothiocyanates is 1. The van der Waals surface area contributed by atoms with E-state index < -0.39 is 0 Å². The zero-order valence-electron chi connectivity index (χ0n) is 9.52. The minimum Gasteiger partial charge on any atom is -0.466 e. The molecule has 0 fully saturated rings. The molecule has 0 aromatic rings. The SMILES string of the molecule is CCOC(=O)[C@H]1CC/C=C\CC[C@H]1N=C=S. The second kappa shape index (κ2) is 7.31. The number of hydrogen-bond donors (Lipinski definition) is 0. The fraction of sp³-hybridized carbons (Fsp3) is 0.667. The van der Waals surface area contributed by atoms with Crippen LogP contribution in [0, 0.1) is 5.92 Å². The molecule has 0 saturated carbocycles. The van der Waals surface area contributed by atoms with E-state index in [-0.39, 0.29) is 17.9 Å². The summed E-state index contributed by atoms with van der Waals surface area (Å²) in [6.45, 7) is 2.23. The van der Waals surface area contributed by atoms with Gasteiger partial charge in [-0.3, -0.25) is 4.79 Å². The Morgan fingerprint density at radius 3 is 2.81 bits per heavy atom. The van der Waals surface area contributed by atoms with Gasteiger partial charge in [-0.1, -0.05) is 12.2 Å². The molecule has 0 aromatic carbocycles. The van der Waals surface area contributed by atoms with Gasteiger partial charge in [-0.25, -0.2) is 4.99 Å². The zero-order chi connectivity index (χ0) is 11.8. The monoisotopic (exact) mass is 239 g/mol. The number of rotatable bonds is 3. The van der Waals surface area contributed by atoms with Gasteiger partial charge < -0.3 is 4.74 Å². The Labute approximate surface area is 102 Å². The first-order chi connectivity index (χ1) is 7.79. The topological polar surface area (TPSA) is 38.7 Å². The first-order valence-corrected chi connectivity index (χ1v) is 6.09. The Balaban J connectivity index is 2.75. The lowest BCUT2D eigenvalue weighted by Crippen LogP contribution is -2.29. The first-order valence-electron chi connectivity index (χ1n) is 5.68. The molecule has 1 aliphatic rings. The van der Waals surface area contributed by atoms with Gasteiger partial charge in [-0.05, 0) is 44.8 Å². The van der Waals surface area contributed by atoms with Crippen molar-refractivity contribution in [2.75, 3.05) is 6.61 Å². The van der Waals surface area contributed by atoms with Gasteiger partial charge in [0, 0.05) is 0 Å². The van der Waals surface area contributed by atoms with Gasteiger partial charge in [-0.2, -0.15) is 0 Å². The van der Waals surface area contributed by atoms with Crippen LogP contribution in [0.5, 0.6) is 0 Å². The lowest BCUT2D eigenvalue weighted by atomic mass is 9.89. The molecule has 0 bridgehead atoms. The van der Waals surface area contributed by atoms with Gasteiger partial charge in [0.05, 0.1) is 23.7 Å². The van der Waals surface area contributed by atoms with E-state index in [1.165, 1.54) is 0 Å². The van der Waals surface area contributed by atoms with E-state index in [1.54, 1.807) is 0 Å². The number of nitrogens with zero attached hydrogens (tertiary/aromatic N) is 1. The zero-order valence-corrected chi connectivity index (χ0v) is 10.3. The van der Waals surface area contributed by atoms with Crippen molar-refractivity contribution in [1.29, 1.82) is 0 Å². The van der Waals surface area contributed by atoms with Gasteiger partial charge in [0.15, 0.2) is 0 Å². The number of aliphatic imine (C=N–C) groups is 1. The maximum atomic E-state index is 11.8. The predicted molar refractivity (Wildman–Crippen MR) is 66.5 cm³/mol. The second-order valence-electron chi connectivity index (χ2n) is 3.77. The van der Waals surface area contributed by atoms with Crippen molar-refractivity contribution in [3.05, 3.63) is 12.2 Å². The molecule has 0 amide bonds.